The van der Waals surface area contributed by atoms with Crippen LogP contribution in [0, 0.1) is 0 Å². The van der Waals surface area contributed by atoms with Crippen LogP contribution in [0.15, 0.2) is 24.5 Å². The van der Waals surface area contributed by atoms with E-state index in [0.29, 0.717) is 24.5 Å². The maximum Gasteiger partial charge on any atom is 0.433 e. The molecule has 0 saturated carbocycles. The summed E-state index contributed by atoms with van der Waals surface area (Å²) >= 11 is 6.62. The quantitative estimate of drug-likeness (QED) is 0.669. The fraction of sp³-hybridized carbons (Fsp3) is 0.571. The largest absolute Gasteiger partial charge is 0.444 e. The molecule has 3 heterocycles. The molecule has 0 aliphatic carbocycles. The molecule has 1 aliphatic rings. The third kappa shape index (κ3) is 5.72. The van der Waals surface area contributed by atoms with Gasteiger partial charge in [-0.1, -0.05) is 0 Å². The molecule has 2 aromatic heterocycles. The zero-order chi connectivity index (χ0) is 23.7. The van der Waals surface area contributed by atoms with Gasteiger partial charge in [0.15, 0.2) is 0 Å². The van der Waals surface area contributed by atoms with Crippen molar-refractivity contribution in [3.8, 4) is 11.3 Å². The van der Waals surface area contributed by atoms with Gasteiger partial charge in [-0.2, -0.15) is 13.2 Å². The third-order valence-corrected chi connectivity index (χ3v) is 5.46. The van der Waals surface area contributed by atoms with Crippen molar-refractivity contribution in [1.82, 2.24) is 19.4 Å². The summed E-state index contributed by atoms with van der Waals surface area (Å²) in [4.78, 5) is 21.9. The average Bonchev–Trinajstić information content (AvgIpc) is 3.10. The van der Waals surface area contributed by atoms with Gasteiger partial charge in [-0.05, 0) is 39.3 Å². The molecule has 3 rings (SSSR count). The number of piperidine rings is 1. The Kier molecular flexibility index (Phi) is 7.04. The first-order chi connectivity index (χ1) is 14.9. The Hall–Kier alpha value is -2.33. The Morgan fingerprint density at radius 1 is 1.34 bits per heavy atom. The van der Waals surface area contributed by atoms with Crippen LogP contribution in [-0.4, -0.2) is 61.3 Å². The van der Waals surface area contributed by atoms with Gasteiger partial charge in [0.1, 0.15) is 17.1 Å². The standard InChI is InChI=1S/C21H26ClF3N4O3/c1-20(2,3)32-19(31)29-7-5-14(15(22)11-29)18-27-16(12-28(18)8-9-30)13-4-6-26-17(10-13)21(23,24)25/h4,6,10,12,14-15,30H,5,7-9,11H2,1-3H3/t14-,15+/m0/s1. The molecule has 0 spiro atoms. The Balaban J connectivity index is 1.84. The molecule has 1 N–H and O–H groups in total. The second-order valence-electron chi connectivity index (χ2n) is 8.67. The van der Waals surface area contributed by atoms with E-state index in [-0.39, 0.29) is 31.2 Å². The van der Waals surface area contributed by atoms with E-state index in [0.717, 1.165) is 12.3 Å². The highest BCUT2D eigenvalue weighted by atomic mass is 35.5. The topological polar surface area (TPSA) is 80.5 Å². The van der Waals surface area contributed by atoms with Gasteiger partial charge in [0.25, 0.3) is 0 Å². The summed E-state index contributed by atoms with van der Waals surface area (Å²) in [5, 5.41) is 8.97. The molecule has 2 atom stereocenters. The van der Waals surface area contributed by atoms with Crippen LogP contribution in [0.5, 0.6) is 0 Å². The highest BCUT2D eigenvalue weighted by Gasteiger charge is 2.36. The second-order valence-corrected chi connectivity index (χ2v) is 9.23. The number of nitrogens with zero attached hydrogens (tertiary/aromatic N) is 4. The number of hydrogen-bond donors (Lipinski definition) is 1. The first kappa shape index (κ1) is 24.3. The fourth-order valence-electron chi connectivity index (χ4n) is 3.58. The number of aromatic nitrogens is 3. The Morgan fingerprint density at radius 3 is 2.66 bits per heavy atom. The Morgan fingerprint density at radius 2 is 2.06 bits per heavy atom. The van der Waals surface area contributed by atoms with E-state index >= 15 is 0 Å². The van der Waals surface area contributed by atoms with Crippen LogP contribution in [-0.2, 0) is 17.5 Å². The highest BCUT2D eigenvalue weighted by molar-refractivity contribution is 6.21. The van der Waals surface area contributed by atoms with Crippen molar-refractivity contribution in [2.45, 2.75) is 56.8 Å². The van der Waals surface area contributed by atoms with E-state index in [1.807, 2.05) is 0 Å². The zero-order valence-electron chi connectivity index (χ0n) is 18.1. The molecular formula is C21H26ClF3N4O3. The smallest absolute Gasteiger partial charge is 0.433 e. The number of ether oxygens (including phenoxy) is 1. The molecule has 0 radical (unpaired) electrons. The summed E-state index contributed by atoms with van der Waals surface area (Å²) in [7, 11) is 0. The maximum absolute atomic E-state index is 13.1. The second kappa shape index (κ2) is 9.27. The van der Waals surface area contributed by atoms with Gasteiger partial charge >= 0.3 is 12.3 Å². The molecular weight excluding hydrogens is 449 g/mol. The predicted molar refractivity (Wildman–Crippen MR) is 112 cm³/mol. The minimum atomic E-state index is -4.57. The lowest BCUT2D eigenvalue weighted by Gasteiger charge is -2.36. The first-order valence-electron chi connectivity index (χ1n) is 10.2. The van der Waals surface area contributed by atoms with E-state index < -0.39 is 28.9 Å². The molecule has 1 fully saturated rings. The van der Waals surface area contributed by atoms with Crippen LogP contribution in [0.25, 0.3) is 11.3 Å². The number of carbonyl (C=O) groups is 1. The molecule has 1 saturated heterocycles. The average molecular weight is 475 g/mol. The minimum absolute atomic E-state index is 0.170. The summed E-state index contributed by atoms with van der Waals surface area (Å²) in [5.41, 5.74) is -1.03. The highest BCUT2D eigenvalue weighted by Crippen LogP contribution is 2.35. The van der Waals surface area contributed by atoms with E-state index in [1.54, 1.807) is 31.5 Å². The number of alkyl halides is 4. The van der Waals surface area contributed by atoms with Crippen molar-refractivity contribution in [3.63, 3.8) is 0 Å². The summed E-state index contributed by atoms with van der Waals surface area (Å²) in [6, 6.07) is 2.40. The van der Waals surface area contributed by atoms with Crippen LogP contribution in [0.4, 0.5) is 18.0 Å². The number of carbonyl (C=O) groups excluding carboxylic acids is 1. The number of hydrogen-bond acceptors (Lipinski definition) is 5. The Labute approximate surface area is 189 Å². The van der Waals surface area contributed by atoms with Crippen molar-refractivity contribution >= 4 is 17.7 Å². The molecule has 2 aromatic rings. The monoisotopic (exact) mass is 474 g/mol. The number of pyridine rings is 1. The predicted octanol–water partition coefficient (Wildman–Crippen LogP) is 4.29. The normalized spacial score (nSPS) is 19.8. The lowest BCUT2D eigenvalue weighted by atomic mass is 9.95. The summed E-state index contributed by atoms with van der Waals surface area (Å²) < 4.78 is 46.3. The van der Waals surface area contributed by atoms with Gasteiger partial charge in [0.05, 0.1) is 17.7 Å². The van der Waals surface area contributed by atoms with Crippen LogP contribution in [0.3, 0.4) is 0 Å². The van der Waals surface area contributed by atoms with Crippen molar-refractivity contribution in [2.75, 3.05) is 19.7 Å². The first-order valence-corrected chi connectivity index (χ1v) is 10.7. The van der Waals surface area contributed by atoms with Crippen LogP contribution in [0.1, 0.15) is 44.6 Å². The van der Waals surface area contributed by atoms with Gasteiger partial charge in [-0.25, -0.2) is 9.78 Å². The van der Waals surface area contributed by atoms with E-state index in [2.05, 4.69) is 9.97 Å². The number of likely N-dealkylation sites (tertiary alicyclic amines) is 1. The number of halogens is 4. The molecule has 1 amide bonds. The maximum atomic E-state index is 13.1. The van der Waals surface area contributed by atoms with Gasteiger partial charge in [0, 0.05) is 43.5 Å². The van der Waals surface area contributed by atoms with Gasteiger partial charge < -0.3 is 19.3 Å². The number of amides is 1. The molecule has 7 nitrogen and oxygen atoms in total. The SMILES string of the molecule is CC(C)(C)OC(=O)N1CC[C@H](c2nc(-c3ccnc(C(F)(F)F)c3)cn2CCO)[C@H](Cl)C1. The number of rotatable bonds is 4. The van der Waals surface area contributed by atoms with E-state index in [1.165, 1.54) is 11.0 Å². The third-order valence-electron chi connectivity index (χ3n) is 5.02. The van der Waals surface area contributed by atoms with Crippen molar-refractivity contribution in [3.05, 3.63) is 36.0 Å². The molecule has 0 bridgehead atoms. The molecule has 11 heteroatoms. The van der Waals surface area contributed by atoms with Crippen molar-refractivity contribution in [1.29, 1.82) is 0 Å². The lowest BCUT2D eigenvalue weighted by molar-refractivity contribution is -0.141. The van der Waals surface area contributed by atoms with Crippen molar-refractivity contribution < 1.29 is 27.8 Å². The number of aliphatic hydroxyl groups excluding tert-OH is 1. The van der Waals surface area contributed by atoms with Crippen molar-refractivity contribution in [2.24, 2.45) is 0 Å². The molecule has 0 aromatic carbocycles. The molecule has 176 valence electrons. The van der Waals surface area contributed by atoms with Crippen LogP contribution < -0.4 is 0 Å². The fourth-order valence-corrected chi connectivity index (χ4v) is 3.99. The van der Waals surface area contributed by atoms with Gasteiger partial charge in [-0.3, -0.25) is 4.98 Å². The Bertz CT molecular complexity index is 958. The minimum Gasteiger partial charge on any atom is -0.444 e. The zero-order valence-corrected chi connectivity index (χ0v) is 18.8. The summed E-state index contributed by atoms with van der Waals surface area (Å²) in [6.07, 6.45) is -1.82. The van der Waals surface area contributed by atoms with Crippen LogP contribution in [0.2, 0.25) is 0 Å². The summed E-state index contributed by atoms with van der Waals surface area (Å²) in [5.74, 6) is 0.308. The van der Waals surface area contributed by atoms with E-state index in [9.17, 15) is 23.1 Å². The molecule has 32 heavy (non-hydrogen) atoms. The molecule has 0 unspecified atom stereocenters. The lowest BCUT2D eigenvalue weighted by Crippen LogP contribution is -2.46. The molecule has 1 aliphatic heterocycles. The van der Waals surface area contributed by atoms with Crippen LogP contribution >= 0.6 is 11.6 Å². The number of aliphatic hydroxyl groups is 1. The summed E-state index contributed by atoms with van der Waals surface area (Å²) in [6.45, 7) is 6.05. The van der Waals surface area contributed by atoms with Gasteiger partial charge in [-0.15, -0.1) is 11.6 Å². The van der Waals surface area contributed by atoms with E-state index in [4.69, 9.17) is 16.3 Å². The van der Waals surface area contributed by atoms with Gasteiger partial charge in [0.2, 0.25) is 0 Å². The number of imidazole rings is 1.